The quantitative estimate of drug-likeness (QED) is 0.468. The van der Waals surface area contributed by atoms with Gasteiger partial charge in [-0.1, -0.05) is 0 Å². The number of hydrogen-bond acceptors (Lipinski definition) is 3. The van der Waals surface area contributed by atoms with E-state index in [0.717, 1.165) is 6.42 Å². The van der Waals surface area contributed by atoms with Crippen molar-refractivity contribution in [3.05, 3.63) is 48.1 Å². The Morgan fingerprint density at radius 1 is 1.33 bits per heavy atom. The predicted octanol–water partition coefficient (Wildman–Crippen LogP) is 2.09. The molecule has 1 aliphatic carbocycles. The summed E-state index contributed by atoms with van der Waals surface area (Å²) in [6, 6.07) is 7.62. The Balaban J connectivity index is 1.92. The number of hydrogen-bond donors (Lipinski definition) is 1. The molecule has 0 saturated heterocycles. The van der Waals surface area contributed by atoms with Crippen molar-refractivity contribution in [3.8, 4) is 5.75 Å². The van der Waals surface area contributed by atoms with Gasteiger partial charge in [0.05, 0.1) is 0 Å². The second-order valence-electron chi connectivity index (χ2n) is 4.51. The van der Waals surface area contributed by atoms with E-state index in [-0.39, 0.29) is 5.97 Å². The van der Waals surface area contributed by atoms with Crippen molar-refractivity contribution >= 4 is 36.5 Å². The number of aliphatic carboxylic acids is 1. The van der Waals surface area contributed by atoms with Gasteiger partial charge in [-0.05, 0) is 0 Å². The summed E-state index contributed by atoms with van der Waals surface area (Å²) < 4.78 is 6.83. The maximum absolute atomic E-state index is 11.2. The summed E-state index contributed by atoms with van der Waals surface area (Å²) >= 11 is -0.431. The number of carboxylic acid groups (broad SMARTS) is 1. The summed E-state index contributed by atoms with van der Waals surface area (Å²) in [5, 5.41) is 8.89. The van der Waals surface area contributed by atoms with Gasteiger partial charge in [0.25, 0.3) is 0 Å². The number of carbonyl (C=O) groups excluding carboxylic acids is 1. The Hall–Kier alpha value is -1.57. The van der Waals surface area contributed by atoms with Gasteiger partial charge in [0, 0.05) is 0 Å². The fourth-order valence-corrected chi connectivity index (χ4v) is 4.64. The van der Waals surface area contributed by atoms with Crippen LogP contribution in [-0.4, -0.2) is 38.0 Å². The van der Waals surface area contributed by atoms with E-state index in [0.29, 0.717) is 21.7 Å². The van der Waals surface area contributed by atoms with Gasteiger partial charge >= 0.3 is 133 Å². The molecule has 1 aromatic rings. The molecule has 0 spiro atoms. The van der Waals surface area contributed by atoms with Crippen LogP contribution in [0.2, 0.25) is 3.97 Å². The molecular formula is C16H16O4Te. The maximum atomic E-state index is 11.2. The van der Waals surface area contributed by atoms with Crippen molar-refractivity contribution in [3.63, 3.8) is 0 Å². The molecule has 21 heavy (non-hydrogen) atoms. The molecule has 0 fully saturated rings. The van der Waals surface area contributed by atoms with Gasteiger partial charge in [-0.15, -0.1) is 0 Å². The summed E-state index contributed by atoms with van der Waals surface area (Å²) in [7, 11) is 0. The zero-order valence-electron chi connectivity index (χ0n) is 11.6. The molecule has 1 N–H and O–H groups in total. The van der Waals surface area contributed by atoms with Gasteiger partial charge in [-0.3, -0.25) is 0 Å². The van der Waals surface area contributed by atoms with E-state index >= 15 is 0 Å². The van der Waals surface area contributed by atoms with Gasteiger partial charge in [0.15, 0.2) is 0 Å². The fourth-order valence-electron chi connectivity index (χ4n) is 1.81. The van der Waals surface area contributed by atoms with Crippen molar-refractivity contribution in [1.29, 1.82) is 0 Å². The van der Waals surface area contributed by atoms with Crippen LogP contribution in [0.3, 0.4) is 0 Å². The molecule has 2 rings (SSSR count). The first kappa shape index (κ1) is 15.8. The molecule has 1 atom stereocenters. The van der Waals surface area contributed by atoms with E-state index in [2.05, 4.69) is 0 Å². The zero-order chi connectivity index (χ0) is 15.2. The van der Waals surface area contributed by atoms with Crippen LogP contribution >= 0.6 is 0 Å². The molecular weight excluding hydrogens is 384 g/mol. The number of ether oxygens (including phenoxy) is 1. The molecule has 0 bridgehead atoms. The van der Waals surface area contributed by atoms with Gasteiger partial charge in [-0.2, -0.15) is 0 Å². The normalized spacial score (nSPS) is 17.2. The van der Waals surface area contributed by atoms with E-state index in [1.54, 1.807) is 19.1 Å². The molecule has 0 saturated carbocycles. The fraction of sp³-hybridized carbons (Fsp3) is 0.250. The number of allylic oxidation sites excluding steroid dienone is 2. The zero-order valence-corrected chi connectivity index (χ0v) is 13.9. The van der Waals surface area contributed by atoms with Crippen LogP contribution in [0.15, 0.2) is 48.1 Å². The van der Waals surface area contributed by atoms with E-state index in [9.17, 15) is 9.59 Å². The molecule has 0 aliphatic heterocycles. The van der Waals surface area contributed by atoms with E-state index in [4.69, 9.17) is 9.84 Å². The van der Waals surface area contributed by atoms with Crippen molar-refractivity contribution in [2.75, 3.05) is 0 Å². The molecule has 0 amide bonds. The van der Waals surface area contributed by atoms with Crippen LogP contribution in [0.1, 0.15) is 19.8 Å². The van der Waals surface area contributed by atoms with Crippen molar-refractivity contribution in [1.82, 2.24) is 0 Å². The first-order chi connectivity index (χ1) is 10.1. The second-order valence-corrected chi connectivity index (χ2v) is 8.26. The molecule has 0 radical (unpaired) electrons. The molecule has 1 aromatic carbocycles. The predicted molar refractivity (Wildman–Crippen MR) is 81.0 cm³/mol. The first-order valence-corrected chi connectivity index (χ1v) is 9.18. The number of rotatable bonds is 5. The van der Waals surface area contributed by atoms with Gasteiger partial charge in [0.2, 0.25) is 0 Å². The SMILES string of the molecule is CCC(=O)Oc1ccc([Te]C2C=CC(C(=O)O)=CC2)cc1. The number of benzene rings is 1. The van der Waals surface area contributed by atoms with Gasteiger partial charge < -0.3 is 0 Å². The van der Waals surface area contributed by atoms with Crippen LogP contribution in [0.25, 0.3) is 0 Å². The van der Waals surface area contributed by atoms with Crippen molar-refractivity contribution < 1.29 is 19.4 Å². The number of carbonyl (C=O) groups is 2. The van der Waals surface area contributed by atoms with E-state index in [1.165, 1.54) is 3.61 Å². The first-order valence-electron chi connectivity index (χ1n) is 6.67. The minimum absolute atomic E-state index is 0.235. The molecule has 0 aromatic heterocycles. The number of carboxylic acids is 1. The van der Waals surface area contributed by atoms with Crippen molar-refractivity contribution in [2.24, 2.45) is 0 Å². The average Bonchev–Trinajstić information content (AvgIpc) is 2.49. The molecule has 110 valence electrons. The standard InChI is InChI=1S/C16H16O4Te/c1-2-15(17)20-12-5-9-14(10-6-12)21-13-7-3-11(4-8-13)16(18)19/h3-7,9-10,13H,2,8H2,1H3,(H,18,19). The van der Waals surface area contributed by atoms with Crippen LogP contribution in [0, 0.1) is 0 Å². The molecule has 1 aliphatic rings. The third kappa shape index (κ3) is 4.73. The Morgan fingerprint density at radius 2 is 2.05 bits per heavy atom. The van der Waals surface area contributed by atoms with Gasteiger partial charge in [-0.25, -0.2) is 0 Å². The Morgan fingerprint density at radius 3 is 2.57 bits per heavy atom. The summed E-state index contributed by atoms with van der Waals surface area (Å²) in [5.74, 6) is -0.529. The monoisotopic (exact) mass is 402 g/mol. The van der Waals surface area contributed by atoms with Crippen LogP contribution in [0.5, 0.6) is 5.75 Å². The summed E-state index contributed by atoms with van der Waals surface area (Å²) in [4.78, 5) is 22.0. The molecule has 4 nitrogen and oxygen atoms in total. The topological polar surface area (TPSA) is 63.6 Å². The number of esters is 1. The van der Waals surface area contributed by atoms with Crippen molar-refractivity contribution in [2.45, 2.75) is 23.7 Å². The second kappa shape index (κ2) is 7.44. The third-order valence-corrected chi connectivity index (χ3v) is 6.35. The van der Waals surface area contributed by atoms with E-state index in [1.807, 2.05) is 30.3 Å². The average molecular weight is 400 g/mol. The molecule has 5 heteroatoms. The molecule has 1 unspecified atom stereocenters. The van der Waals surface area contributed by atoms with E-state index < -0.39 is 26.9 Å². The van der Waals surface area contributed by atoms with Crippen LogP contribution in [0.4, 0.5) is 0 Å². The van der Waals surface area contributed by atoms with Crippen LogP contribution in [-0.2, 0) is 9.59 Å². The summed E-state index contributed by atoms with van der Waals surface area (Å²) in [6.45, 7) is 1.76. The molecule has 0 heterocycles. The van der Waals surface area contributed by atoms with Gasteiger partial charge in [0.1, 0.15) is 0 Å². The third-order valence-electron chi connectivity index (χ3n) is 2.94. The summed E-state index contributed by atoms with van der Waals surface area (Å²) in [6.07, 6.45) is 6.62. The van der Waals surface area contributed by atoms with Crippen LogP contribution < -0.4 is 8.35 Å². The Kier molecular flexibility index (Phi) is 5.60. The Labute approximate surface area is 133 Å². The Bertz CT molecular complexity index is 587. The minimum atomic E-state index is -0.868. The summed E-state index contributed by atoms with van der Waals surface area (Å²) in [5.41, 5.74) is 0.375.